The number of nitrogens with zero attached hydrogens (tertiary/aromatic N) is 4. The van der Waals surface area contributed by atoms with Crippen molar-refractivity contribution in [1.29, 1.82) is 0 Å². The molecule has 1 saturated carbocycles. The molecule has 6 nitrogen and oxygen atoms in total. The zero-order valence-electron chi connectivity index (χ0n) is 10.9. The number of hydrogen-bond donors (Lipinski definition) is 1. The molecule has 1 aromatic carbocycles. The van der Waals surface area contributed by atoms with Crippen LogP contribution in [0.4, 0.5) is 4.39 Å². The van der Waals surface area contributed by atoms with E-state index in [1.807, 2.05) is 0 Å². The van der Waals surface area contributed by atoms with E-state index < -0.39 is 11.8 Å². The van der Waals surface area contributed by atoms with Gasteiger partial charge in [-0.2, -0.15) is 0 Å². The molecular weight excluding hydrogens is 299 g/mol. The molecule has 0 amide bonds. The van der Waals surface area contributed by atoms with Crippen molar-refractivity contribution >= 4 is 17.6 Å². The zero-order chi connectivity index (χ0) is 15.0. The summed E-state index contributed by atoms with van der Waals surface area (Å²) < 4.78 is 14.8. The van der Waals surface area contributed by atoms with Crippen molar-refractivity contribution in [3.63, 3.8) is 0 Å². The second-order valence-corrected chi connectivity index (χ2v) is 5.49. The lowest BCUT2D eigenvalue weighted by molar-refractivity contribution is -0.138. The highest BCUT2D eigenvalue weighted by molar-refractivity contribution is 6.31. The molecule has 1 aliphatic carbocycles. The Bertz CT molecular complexity index is 687. The smallest absolute Gasteiger partial charge is 0.305 e. The van der Waals surface area contributed by atoms with Gasteiger partial charge in [0.25, 0.3) is 0 Å². The molecule has 1 N–H and O–H groups in total. The Morgan fingerprint density at radius 1 is 1.52 bits per heavy atom. The SMILES string of the molecule is O=C(O)CC(C1CC1)n1nnnc1-c1ccc(F)c(Cl)c1. The zero-order valence-corrected chi connectivity index (χ0v) is 11.7. The van der Waals surface area contributed by atoms with Crippen molar-refractivity contribution in [3.8, 4) is 11.4 Å². The van der Waals surface area contributed by atoms with Gasteiger partial charge in [0.05, 0.1) is 17.5 Å². The van der Waals surface area contributed by atoms with E-state index in [1.165, 1.54) is 22.9 Å². The summed E-state index contributed by atoms with van der Waals surface area (Å²) in [5, 5.41) is 20.5. The molecule has 1 unspecified atom stereocenters. The minimum atomic E-state index is -0.898. The summed E-state index contributed by atoms with van der Waals surface area (Å²) in [5.74, 6) is -0.761. The van der Waals surface area contributed by atoms with Gasteiger partial charge in [0.2, 0.25) is 0 Å². The maximum absolute atomic E-state index is 13.2. The van der Waals surface area contributed by atoms with Crippen LogP contribution in [0.2, 0.25) is 5.02 Å². The molecule has 3 rings (SSSR count). The molecule has 0 saturated heterocycles. The second-order valence-electron chi connectivity index (χ2n) is 5.08. The number of halogens is 2. The van der Waals surface area contributed by atoms with Crippen LogP contribution < -0.4 is 0 Å². The highest BCUT2D eigenvalue weighted by Crippen LogP contribution is 2.42. The summed E-state index contributed by atoms with van der Waals surface area (Å²) in [6.07, 6.45) is 1.88. The quantitative estimate of drug-likeness (QED) is 0.918. The minimum Gasteiger partial charge on any atom is -0.481 e. The number of rotatable bonds is 5. The Labute approximate surface area is 124 Å². The van der Waals surface area contributed by atoms with Crippen LogP contribution in [-0.4, -0.2) is 31.3 Å². The Balaban J connectivity index is 1.98. The van der Waals surface area contributed by atoms with Crippen molar-refractivity contribution in [3.05, 3.63) is 29.0 Å². The van der Waals surface area contributed by atoms with E-state index >= 15 is 0 Å². The van der Waals surface area contributed by atoms with Crippen LogP contribution >= 0.6 is 11.6 Å². The van der Waals surface area contributed by atoms with E-state index in [-0.39, 0.29) is 23.4 Å². The summed E-state index contributed by atoms with van der Waals surface area (Å²) in [7, 11) is 0. The van der Waals surface area contributed by atoms with Crippen LogP contribution in [0, 0.1) is 11.7 Å². The fraction of sp³-hybridized carbons (Fsp3) is 0.385. The van der Waals surface area contributed by atoms with Crippen LogP contribution in [0.3, 0.4) is 0 Å². The number of tetrazole rings is 1. The van der Waals surface area contributed by atoms with Crippen molar-refractivity contribution in [2.24, 2.45) is 5.92 Å². The van der Waals surface area contributed by atoms with Gasteiger partial charge in [0.1, 0.15) is 5.82 Å². The number of carboxylic acid groups (broad SMARTS) is 1. The molecule has 0 aliphatic heterocycles. The number of hydrogen-bond acceptors (Lipinski definition) is 4. The fourth-order valence-electron chi connectivity index (χ4n) is 2.35. The summed E-state index contributed by atoms with van der Waals surface area (Å²) >= 11 is 5.77. The van der Waals surface area contributed by atoms with Crippen LogP contribution in [0.1, 0.15) is 25.3 Å². The van der Waals surface area contributed by atoms with Gasteiger partial charge in [0.15, 0.2) is 5.82 Å². The Kier molecular flexibility index (Phi) is 3.59. The van der Waals surface area contributed by atoms with Gasteiger partial charge < -0.3 is 5.11 Å². The third-order valence-electron chi connectivity index (χ3n) is 3.53. The van der Waals surface area contributed by atoms with Crippen LogP contribution in [-0.2, 0) is 4.79 Å². The number of carbonyl (C=O) groups is 1. The average Bonchev–Trinajstić information content (AvgIpc) is 3.16. The molecule has 0 bridgehead atoms. The maximum Gasteiger partial charge on any atom is 0.305 e. The number of carboxylic acids is 1. The van der Waals surface area contributed by atoms with Crippen LogP contribution in [0.5, 0.6) is 0 Å². The summed E-state index contributed by atoms with van der Waals surface area (Å²) in [6, 6.07) is 3.90. The summed E-state index contributed by atoms with van der Waals surface area (Å²) in [4.78, 5) is 11.0. The van der Waals surface area contributed by atoms with Crippen LogP contribution in [0.15, 0.2) is 18.2 Å². The highest BCUT2D eigenvalue weighted by Gasteiger charge is 2.36. The van der Waals surface area contributed by atoms with Gasteiger partial charge in [0, 0.05) is 5.56 Å². The first-order valence-electron chi connectivity index (χ1n) is 6.51. The first-order chi connectivity index (χ1) is 10.1. The third-order valence-corrected chi connectivity index (χ3v) is 3.82. The lowest BCUT2D eigenvalue weighted by Crippen LogP contribution is -2.18. The van der Waals surface area contributed by atoms with Crippen molar-refractivity contribution in [2.45, 2.75) is 25.3 Å². The molecular formula is C13H12ClFN4O2. The predicted octanol–water partition coefficient (Wildman–Crippen LogP) is 2.56. The Hall–Kier alpha value is -2.02. The van der Waals surface area contributed by atoms with Gasteiger partial charge in [-0.15, -0.1) is 5.10 Å². The average molecular weight is 311 g/mol. The number of benzene rings is 1. The number of aromatic nitrogens is 4. The van der Waals surface area contributed by atoms with E-state index in [4.69, 9.17) is 16.7 Å². The number of aliphatic carboxylic acids is 1. The molecule has 1 aromatic heterocycles. The molecule has 1 atom stereocenters. The van der Waals surface area contributed by atoms with Crippen LogP contribution in [0.25, 0.3) is 11.4 Å². The van der Waals surface area contributed by atoms with E-state index in [1.54, 1.807) is 0 Å². The normalized spacial score (nSPS) is 15.9. The predicted molar refractivity (Wildman–Crippen MR) is 72.2 cm³/mol. The first kappa shape index (κ1) is 13.9. The molecule has 2 aromatic rings. The largest absolute Gasteiger partial charge is 0.481 e. The monoisotopic (exact) mass is 310 g/mol. The Morgan fingerprint density at radius 2 is 2.29 bits per heavy atom. The lowest BCUT2D eigenvalue weighted by Gasteiger charge is -2.15. The van der Waals surface area contributed by atoms with Gasteiger partial charge in [-0.3, -0.25) is 4.79 Å². The van der Waals surface area contributed by atoms with Gasteiger partial charge in [-0.05, 0) is 47.4 Å². The van der Waals surface area contributed by atoms with Crippen molar-refractivity contribution in [2.75, 3.05) is 0 Å². The molecule has 0 radical (unpaired) electrons. The molecule has 1 heterocycles. The minimum absolute atomic E-state index is 0.0248. The molecule has 1 fully saturated rings. The third kappa shape index (κ3) is 2.87. The van der Waals surface area contributed by atoms with Gasteiger partial charge in [-0.25, -0.2) is 9.07 Å². The topological polar surface area (TPSA) is 80.9 Å². The maximum atomic E-state index is 13.2. The molecule has 8 heteroatoms. The van der Waals surface area contributed by atoms with E-state index in [0.29, 0.717) is 11.4 Å². The van der Waals surface area contributed by atoms with Gasteiger partial charge >= 0.3 is 5.97 Å². The fourth-order valence-corrected chi connectivity index (χ4v) is 2.54. The van der Waals surface area contributed by atoms with Gasteiger partial charge in [-0.1, -0.05) is 11.6 Å². The Morgan fingerprint density at radius 3 is 2.90 bits per heavy atom. The summed E-state index contributed by atoms with van der Waals surface area (Å²) in [5.41, 5.74) is 0.558. The summed E-state index contributed by atoms with van der Waals surface area (Å²) in [6.45, 7) is 0. The molecule has 110 valence electrons. The highest BCUT2D eigenvalue weighted by atomic mass is 35.5. The van der Waals surface area contributed by atoms with E-state index in [0.717, 1.165) is 12.8 Å². The molecule has 21 heavy (non-hydrogen) atoms. The lowest BCUT2D eigenvalue weighted by atomic mass is 10.1. The van der Waals surface area contributed by atoms with E-state index in [9.17, 15) is 9.18 Å². The van der Waals surface area contributed by atoms with E-state index in [2.05, 4.69) is 15.5 Å². The van der Waals surface area contributed by atoms with Crippen molar-refractivity contribution in [1.82, 2.24) is 20.2 Å². The molecule has 0 spiro atoms. The van der Waals surface area contributed by atoms with Crippen molar-refractivity contribution < 1.29 is 14.3 Å². The standard InChI is InChI=1S/C13H12ClFN4O2/c14-9-5-8(3-4-10(9)15)13-16-17-18-19(13)11(6-12(20)21)7-1-2-7/h3-5,7,11H,1-2,6H2,(H,20,21). The first-order valence-corrected chi connectivity index (χ1v) is 6.89. The second kappa shape index (κ2) is 5.40. The molecule has 1 aliphatic rings.